The van der Waals surface area contributed by atoms with Gasteiger partial charge in [-0.25, -0.2) is 0 Å². The Bertz CT molecular complexity index is 471. The van der Waals surface area contributed by atoms with E-state index in [1.165, 1.54) is 0 Å². The monoisotopic (exact) mass is 344 g/mol. The van der Waals surface area contributed by atoms with Gasteiger partial charge in [-0.15, -0.1) is 0 Å². The van der Waals surface area contributed by atoms with Gasteiger partial charge in [0.2, 0.25) is 0 Å². The van der Waals surface area contributed by atoms with Gasteiger partial charge < -0.3 is 4.74 Å². The number of hydrogen-bond acceptors (Lipinski definition) is 2. The highest BCUT2D eigenvalue weighted by molar-refractivity contribution is 9.10. The van der Waals surface area contributed by atoms with Crippen molar-refractivity contribution >= 4 is 31.9 Å². The van der Waals surface area contributed by atoms with Crippen LogP contribution in [0.5, 0.6) is 5.75 Å². The third-order valence-corrected chi connectivity index (χ3v) is 3.08. The molecule has 0 radical (unpaired) electrons. The third kappa shape index (κ3) is 3.09. The summed E-state index contributed by atoms with van der Waals surface area (Å²) in [5.41, 5.74) is 0. The summed E-state index contributed by atoms with van der Waals surface area (Å²) in [6, 6.07) is 7.80. The molecule has 0 aliphatic rings. The molecule has 0 spiro atoms. The number of benzene rings is 1. The summed E-state index contributed by atoms with van der Waals surface area (Å²) in [4.78, 5) is 0. The third-order valence-electron chi connectivity index (χ3n) is 2.02. The number of aromatic nitrogens is 2. The van der Waals surface area contributed by atoms with E-state index in [4.69, 9.17) is 4.74 Å². The molecule has 84 valence electrons. The van der Waals surface area contributed by atoms with E-state index < -0.39 is 0 Å². The highest BCUT2D eigenvalue weighted by atomic mass is 79.9. The van der Waals surface area contributed by atoms with Gasteiger partial charge >= 0.3 is 0 Å². The first kappa shape index (κ1) is 11.7. The predicted octanol–water partition coefficient (Wildman–Crippen LogP) is 3.49. The molecule has 0 N–H and O–H groups in total. The summed E-state index contributed by atoms with van der Waals surface area (Å²) in [7, 11) is 0. The average molecular weight is 346 g/mol. The summed E-state index contributed by atoms with van der Waals surface area (Å²) in [6.45, 7) is 1.32. The quantitative estimate of drug-likeness (QED) is 0.848. The Hall–Kier alpha value is -0.810. The molecule has 2 aromatic rings. The van der Waals surface area contributed by atoms with Crippen LogP contribution in [0.2, 0.25) is 0 Å². The summed E-state index contributed by atoms with van der Waals surface area (Å²) in [6.07, 6.45) is 3.68. The number of para-hydroxylation sites is 1. The van der Waals surface area contributed by atoms with Crippen molar-refractivity contribution in [3.8, 4) is 5.75 Å². The van der Waals surface area contributed by atoms with Crippen molar-refractivity contribution in [3.05, 3.63) is 45.6 Å². The van der Waals surface area contributed by atoms with Crippen LogP contribution in [0.15, 0.2) is 45.6 Å². The topological polar surface area (TPSA) is 27.1 Å². The molecule has 0 aliphatic carbocycles. The minimum Gasteiger partial charge on any atom is -0.490 e. The van der Waals surface area contributed by atoms with Gasteiger partial charge in [0.25, 0.3) is 0 Å². The van der Waals surface area contributed by atoms with Crippen LogP contribution >= 0.6 is 31.9 Å². The maximum Gasteiger partial charge on any atom is 0.133 e. The molecular weight excluding hydrogens is 336 g/mol. The van der Waals surface area contributed by atoms with Gasteiger partial charge in [0.05, 0.1) is 21.7 Å². The first-order valence-corrected chi connectivity index (χ1v) is 6.39. The van der Waals surface area contributed by atoms with Crippen molar-refractivity contribution in [2.75, 3.05) is 6.61 Å². The molecule has 0 saturated heterocycles. The Labute approximate surface area is 111 Å². The first-order chi connectivity index (χ1) is 7.75. The van der Waals surface area contributed by atoms with Gasteiger partial charge in [0.1, 0.15) is 12.4 Å². The van der Waals surface area contributed by atoms with E-state index >= 15 is 0 Å². The molecule has 0 bridgehead atoms. The van der Waals surface area contributed by atoms with E-state index in [9.17, 15) is 0 Å². The Balaban J connectivity index is 1.87. The van der Waals surface area contributed by atoms with Gasteiger partial charge in [0, 0.05) is 6.20 Å². The van der Waals surface area contributed by atoms with E-state index in [0.717, 1.165) is 21.2 Å². The van der Waals surface area contributed by atoms with Crippen molar-refractivity contribution in [2.45, 2.75) is 6.54 Å². The molecule has 0 atom stereocenters. The largest absolute Gasteiger partial charge is 0.490 e. The van der Waals surface area contributed by atoms with E-state index in [1.54, 1.807) is 6.20 Å². The summed E-state index contributed by atoms with van der Waals surface area (Å²) in [5.74, 6) is 0.855. The second kappa shape index (κ2) is 5.50. The van der Waals surface area contributed by atoms with Crippen LogP contribution < -0.4 is 4.74 Å². The van der Waals surface area contributed by atoms with Gasteiger partial charge in [-0.1, -0.05) is 12.1 Å². The average Bonchev–Trinajstić information content (AvgIpc) is 2.67. The molecular formula is C11H10Br2N2O. The van der Waals surface area contributed by atoms with Crippen LogP contribution in [0.1, 0.15) is 0 Å². The minimum absolute atomic E-state index is 0.594. The summed E-state index contributed by atoms with van der Waals surface area (Å²) >= 11 is 6.78. The molecule has 0 aliphatic heterocycles. The Morgan fingerprint density at radius 1 is 1.25 bits per heavy atom. The molecule has 0 unspecified atom stereocenters. The molecule has 1 heterocycles. The number of halogens is 2. The number of rotatable bonds is 4. The highest BCUT2D eigenvalue weighted by Crippen LogP contribution is 2.23. The van der Waals surface area contributed by atoms with Crippen molar-refractivity contribution in [3.63, 3.8) is 0 Å². The maximum atomic E-state index is 5.63. The van der Waals surface area contributed by atoms with Crippen LogP contribution in [-0.2, 0) is 6.54 Å². The molecule has 2 rings (SSSR count). The lowest BCUT2D eigenvalue weighted by Crippen LogP contribution is -2.08. The lowest BCUT2D eigenvalue weighted by Gasteiger charge is -2.07. The molecule has 16 heavy (non-hydrogen) atoms. The number of nitrogens with zero attached hydrogens (tertiary/aromatic N) is 2. The number of ether oxygens (including phenoxy) is 1. The van der Waals surface area contributed by atoms with Gasteiger partial charge in [-0.3, -0.25) is 4.68 Å². The number of hydrogen-bond donors (Lipinski definition) is 0. The zero-order valence-electron chi connectivity index (χ0n) is 8.44. The van der Waals surface area contributed by atoms with E-state index in [1.807, 2.05) is 35.1 Å². The molecule has 0 amide bonds. The second-order valence-corrected chi connectivity index (χ2v) is 4.97. The summed E-state index contributed by atoms with van der Waals surface area (Å²) < 4.78 is 9.41. The van der Waals surface area contributed by atoms with Crippen LogP contribution in [-0.4, -0.2) is 16.4 Å². The SMILES string of the molecule is Brc1cnn(CCOc2ccccc2Br)c1. The van der Waals surface area contributed by atoms with Crippen LogP contribution in [0.4, 0.5) is 0 Å². The van der Waals surface area contributed by atoms with Crippen molar-refractivity contribution in [2.24, 2.45) is 0 Å². The Morgan fingerprint density at radius 3 is 2.75 bits per heavy atom. The van der Waals surface area contributed by atoms with E-state index in [2.05, 4.69) is 37.0 Å². The zero-order valence-corrected chi connectivity index (χ0v) is 11.6. The molecule has 1 aromatic carbocycles. The molecule has 3 nitrogen and oxygen atoms in total. The van der Waals surface area contributed by atoms with Crippen LogP contribution in [0.3, 0.4) is 0 Å². The van der Waals surface area contributed by atoms with E-state index in [0.29, 0.717) is 6.61 Å². The molecule has 0 saturated carbocycles. The van der Waals surface area contributed by atoms with Gasteiger partial charge in [-0.2, -0.15) is 5.10 Å². The zero-order chi connectivity index (χ0) is 11.4. The lowest BCUT2D eigenvalue weighted by atomic mass is 10.3. The minimum atomic E-state index is 0.594. The fourth-order valence-electron chi connectivity index (χ4n) is 1.27. The second-order valence-electron chi connectivity index (χ2n) is 3.20. The Morgan fingerprint density at radius 2 is 2.06 bits per heavy atom. The van der Waals surface area contributed by atoms with Crippen molar-refractivity contribution in [1.29, 1.82) is 0 Å². The van der Waals surface area contributed by atoms with Gasteiger partial charge in [0.15, 0.2) is 0 Å². The van der Waals surface area contributed by atoms with Crippen molar-refractivity contribution < 1.29 is 4.74 Å². The smallest absolute Gasteiger partial charge is 0.133 e. The van der Waals surface area contributed by atoms with Crippen LogP contribution in [0.25, 0.3) is 0 Å². The standard InChI is InChI=1S/C11H10Br2N2O/c12-9-7-14-15(8-9)5-6-16-11-4-2-1-3-10(11)13/h1-4,7-8H,5-6H2. The fourth-order valence-corrected chi connectivity index (χ4v) is 2.00. The fraction of sp³-hybridized carbons (Fsp3) is 0.182. The maximum absolute atomic E-state index is 5.63. The van der Waals surface area contributed by atoms with Gasteiger partial charge in [-0.05, 0) is 44.0 Å². The van der Waals surface area contributed by atoms with E-state index in [-0.39, 0.29) is 0 Å². The first-order valence-electron chi connectivity index (χ1n) is 4.81. The highest BCUT2D eigenvalue weighted by Gasteiger charge is 1.99. The molecule has 1 aromatic heterocycles. The summed E-state index contributed by atoms with van der Waals surface area (Å²) in [5, 5.41) is 4.15. The normalized spacial score (nSPS) is 10.4. The lowest BCUT2D eigenvalue weighted by molar-refractivity contribution is 0.289. The predicted molar refractivity (Wildman–Crippen MR) is 69.6 cm³/mol. The van der Waals surface area contributed by atoms with Crippen LogP contribution in [0, 0.1) is 0 Å². The Kier molecular flexibility index (Phi) is 4.01. The molecule has 0 fully saturated rings. The van der Waals surface area contributed by atoms with Crippen molar-refractivity contribution in [1.82, 2.24) is 9.78 Å². The molecule has 5 heteroatoms.